The maximum atomic E-state index is 4.67. The van der Waals surface area contributed by atoms with Crippen molar-refractivity contribution in [3.63, 3.8) is 0 Å². The SMILES string of the molecule is CCNC(=NCc1ncc(-c2ccccc2)[nH]1)NCC1(C)CCCS1. The Morgan fingerprint density at radius 3 is 2.88 bits per heavy atom. The predicted octanol–water partition coefficient (Wildman–Crippen LogP) is 3.42. The summed E-state index contributed by atoms with van der Waals surface area (Å²) in [5.41, 5.74) is 2.17. The second-order valence-electron chi connectivity index (χ2n) is 6.56. The highest BCUT2D eigenvalue weighted by Gasteiger charge is 2.29. The normalized spacial score (nSPS) is 20.6. The summed E-state index contributed by atoms with van der Waals surface area (Å²) < 4.78 is 0.321. The van der Waals surface area contributed by atoms with Gasteiger partial charge in [0.05, 0.1) is 11.9 Å². The number of imidazole rings is 1. The van der Waals surface area contributed by atoms with E-state index in [2.05, 4.69) is 63.3 Å². The molecule has 1 saturated heterocycles. The van der Waals surface area contributed by atoms with Gasteiger partial charge in [-0.25, -0.2) is 9.98 Å². The summed E-state index contributed by atoms with van der Waals surface area (Å²) >= 11 is 2.06. The highest BCUT2D eigenvalue weighted by Crippen LogP contribution is 2.36. The zero-order valence-electron chi connectivity index (χ0n) is 15.0. The first-order valence-electron chi connectivity index (χ1n) is 8.94. The van der Waals surface area contributed by atoms with E-state index in [-0.39, 0.29) is 0 Å². The summed E-state index contributed by atoms with van der Waals surface area (Å²) in [5.74, 6) is 2.99. The molecule has 6 heteroatoms. The molecule has 1 aliphatic heterocycles. The lowest BCUT2D eigenvalue weighted by Crippen LogP contribution is -2.43. The van der Waals surface area contributed by atoms with Crippen molar-refractivity contribution in [1.29, 1.82) is 0 Å². The smallest absolute Gasteiger partial charge is 0.191 e. The number of hydrogen-bond acceptors (Lipinski definition) is 3. The Morgan fingerprint density at radius 2 is 2.16 bits per heavy atom. The first-order valence-corrected chi connectivity index (χ1v) is 9.92. The van der Waals surface area contributed by atoms with Gasteiger partial charge >= 0.3 is 0 Å². The van der Waals surface area contributed by atoms with E-state index in [1.807, 2.05) is 24.4 Å². The molecule has 0 aliphatic carbocycles. The molecule has 0 spiro atoms. The molecule has 1 aliphatic rings. The molecule has 0 saturated carbocycles. The first kappa shape index (κ1) is 17.9. The zero-order valence-corrected chi connectivity index (χ0v) is 15.8. The van der Waals surface area contributed by atoms with Crippen LogP contribution in [0.25, 0.3) is 11.3 Å². The van der Waals surface area contributed by atoms with E-state index >= 15 is 0 Å². The molecule has 3 N–H and O–H groups in total. The van der Waals surface area contributed by atoms with Crippen LogP contribution in [0, 0.1) is 0 Å². The van der Waals surface area contributed by atoms with E-state index in [4.69, 9.17) is 0 Å². The lowest BCUT2D eigenvalue weighted by atomic mass is 10.1. The molecular weight excluding hydrogens is 330 g/mol. The van der Waals surface area contributed by atoms with Crippen LogP contribution in [0.1, 0.15) is 32.5 Å². The molecule has 2 heterocycles. The number of benzene rings is 1. The van der Waals surface area contributed by atoms with Crippen molar-refractivity contribution in [2.24, 2.45) is 4.99 Å². The maximum Gasteiger partial charge on any atom is 0.191 e. The van der Waals surface area contributed by atoms with E-state index in [1.54, 1.807) is 0 Å². The number of thioether (sulfide) groups is 1. The summed E-state index contributed by atoms with van der Waals surface area (Å²) in [7, 11) is 0. The minimum absolute atomic E-state index is 0.321. The van der Waals surface area contributed by atoms with E-state index in [0.29, 0.717) is 11.3 Å². The van der Waals surface area contributed by atoms with Gasteiger partial charge in [-0.3, -0.25) is 0 Å². The van der Waals surface area contributed by atoms with Crippen molar-refractivity contribution < 1.29 is 0 Å². The van der Waals surface area contributed by atoms with Gasteiger partial charge < -0.3 is 15.6 Å². The molecule has 1 aromatic carbocycles. The number of nitrogens with zero attached hydrogens (tertiary/aromatic N) is 2. The lowest BCUT2D eigenvalue weighted by molar-refractivity contribution is 0.584. The average Bonchev–Trinajstić information content (AvgIpc) is 3.28. The molecule has 0 radical (unpaired) electrons. The van der Waals surface area contributed by atoms with Gasteiger partial charge in [0.1, 0.15) is 12.4 Å². The van der Waals surface area contributed by atoms with Crippen LogP contribution in [0.15, 0.2) is 41.5 Å². The fourth-order valence-electron chi connectivity index (χ4n) is 2.95. The summed E-state index contributed by atoms with van der Waals surface area (Å²) in [5, 5.41) is 6.81. The van der Waals surface area contributed by atoms with Gasteiger partial charge in [0.2, 0.25) is 0 Å². The third kappa shape index (κ3) is 5.01. The van der Waals surface area contributed by atoms with Gasteiger partial charge in [0.25, 0.3) is 0 Å². The molecule has 0 amide bonds. The first-order chi connectivity index (χ1) is 12.2. The largest absolute Gasteiger partial charge is 0.357 e. The van der Waals surface area contributed by atoms with Crippen molar-refractivity contribution in [2.75, 3.05) is 18.8 Å². The van der Waals surface area contributed by atoms with Crippen LogP contribution in [0.3, 0.4) is 0 Å². The molecule has 1 atom stereocenters. The molecule has 1 unspecified atom stereocenters. The number of aliphatic imine (C=N–C) groups is 1. The van der Waals surface area contributed by atoms with E-state index < -0.39 is 0 Å². The van der Waals surface area contributed by atoms with Gasteiger partial charge in [0.15, 0.2) is 5.96 Å². The quantitative estimate of drug-likeness (QED) is 0.547. The third-order valence-corrected chi connectivity index (χ3v) is 5.91. The van der Waals surface area contributed by atoms with Gasteiger partial charge in [-0.15, -0.1) is 0 Å². The number of nitrogens with one attached hydrogen (secondary N) is 3. The second-order valence-corrected chi connectivity index (χ2v) is 8.24. The Labute approximate surface area is 154 Å². The Morgan fingerprint density at radius 1 is 1.32 bits per heavy atom. The van der Waals surface area contributed by atoms with E-state index in [0.717, 1.165) is 36.1 Å². The highest BCUT2D eigenvalue weighted by molar-refractivity contribution is 8.00. The van der Waals surface area contributed by atoms with Gasteiger partial charge in [-0.1, -0.05) is 30.3 Å². The minimum Gasteiger partial charge on any atom is -0.357 e. The molecule has 1 aromatic heterocycles. The summed E-state index contributed by atoms with van der Waals surface area (Å²) in [6, 6.07) is 10.2. The molecule has 1 fully saturated rings. The predicted molar refractivity (Wildman–Crippen MR) is 107 cm³/mol. The van der Waals surface area contributed by atoms with Crippen molar-refractivity contribution in [3.8, 4) is 11.3 Å². The number of aromatic nitrogens is 2. The average molecular weight is 358 g/mol. The van der Waals surface area contributed by atoms with Crippen LogP contribution in [-0.2, 0) is 6.54 Å². The summed E-state index contributed by atoms with van der Waals surface area (Å²) in [6.07, 6.45) is 4.45. The Kier molecular flexibility index (Phi) is 6.02. The van der Waals surface area contributed by atoms with Gasteiger partial charge in [-0.05, 0) is 38.0 Å². The van der Waals surface area contributed by atoms with Gasteiger partial charge in [0, 0.05) is 17.8 Å². The zero-order chi connectivity index (χ0) is 17.5. The number of rotatable bonds is 6. The topological polar surface area (TPSA) is 65.1 Å². The molecule has 25 heavy (non-hydrogen) atoms. The number of guanidine groups is 1. The van der Waals surface area contributed by atoms with Crippen molar-refractivity contribution in [3.05, 3.63) is 42.4 Å². The van der Waals surface area contributed by atoms with Crippen LogP contribution in [0.5, 0.6) is 0 Å². The van der Waals surface area contributed by atoms with Crippen LogP contribution < -0.4 is 10.6 Å². The van der Waals surface area contributed by atoms with Gasteiger partial charge in [-0.2, -0.15) is 11.8 Å². The van der Waals surface area contributed by atoms with Crippen molar-refractivity contribution in [2.45, 2.75) is 38.0 Å². The Balaban J connectivity index is 1.60. The molecule has 3 rings (SSSR count). The Bertz CT molecular complexity index is 689. The van der Waals surface area contributed by atoms with Crippen LogP contribution in [0.2, 0.25) is 0 Å². The van der Waals surface area contributed by atoms with Crippen LogP contribution >= 0.6 is 11.8 Å². The Hall–Kier alpha value is -1.95. The lowest BCUT2D eigenvalue weighted by Gasteiger charge is -2.24. The highest BCUT2D eigenvalue weighted by atomic mass is 32.2. The van der Waals surface area contributed by atoms with Crippen LogP contribution in [-0.4, -0.2) is 39.5 Å². The van der Waals surface area contributed by atoms with Crippen molar-refractivity contribution in [1.82, 2.24) is 20.6 Å². The summed E-state index contributed by atoms with van der Waals surface area (Å²) in [6.45, 7) is 6.75. The standard InChI is InChI=1S/C19H27N5S/c1-3-20-18(23-14-19(2)10-7-11-25-19)22-13-17-21-12-16(24-17)15-8-5-4-6-9-15/h4-6,8-9,12H,3,7,10-11,13-14H2,1-2H3,(H,21,24)(H2,20,22,23). The number of H-pyrrole nitrogens is 1. The fourth-order valence-corrected chi connectivity index (χ4v) is 4.19. The monoisotopic (exact) mass is 357 g/mol. The number of hydrogen-bond donors (Lipinski definition) is 3. The second kappa shape index (κ2) is 8.43. The fraction of sp³-hybridized carbons (Fsp3) is 0.474. The molecule has 5 nitrogen and oxygen atoms in total. The van der Waals surface area contributed by atoms with Crippen molar-refractivity contribution >= 4 is 17.7 Å². The molecule has 2 aromatic rings. The number of aromatic amines is 1. The van der Waals surface area contributed by atoms with E-state index in [9.17, 15) is 0 Å². The molecular formula is C19H27N5S. The maximum absolute atomic E-state index is 4.67. The molecule has 0 bridgehead atoms. The van der Waals surface area contributed by atoms with Crippen LogP contribution in [0.4, 0.5) is 0 Å². The third-order valence-electron chi connectivity index (χ3n) is 4.37. The summed E-state index contributed by atoms with van der Waals surface area (Å²) in [4.78, 5) is 12.5. The molecule has 134 valence electrons. The minimum atomic E-state index is 0.321. The van der Waals surface area contributed by atoms with E-state index in [1.165, 1.54) is 18.6 Å².